The van der Waals surface area contributed by atoms with Crippen molar-refractivity contribution in [3.63, 3.8) is 0 Å². The molecule has 3 N–H and O–H groups in total. The molecule has 2 aromatic rings. The maximum absolute atomic E-state index is 14.5. The first-order valence-corrected chi connectivity index (χ1v) is 19.1. The molecule has 53 heavy (non-hydrogen) atoms. The highest BCUT2D eigenvalue weighted by Crippen LogP contribution is 2.62. The average molecular weight is 733 g/mol. The van der Waals surface area contributed by atoms with Gasteiger partial charge in [0.05, 0.1) is 24.8 Å². The van der Waals surface area contributed by atoms with Crippen LogP contribution in [0.25, 0.3) is 0 Å². The summed E-state index contributed by atoms with van der Waals surface area (Å²) in [4.78, 5) is 22.4. The van der Waals surface area contributed by atoms with Crippen molar-refractivity contribution >= 4 is 11.6 Å². The second-order valence-corrected chi connectivity index (χ2v) is 14.7. The van der Waals surface area contributed by atoms with Crippen molar-refractivity contribution < 1.29 is 48.6 Å². The van der Waals surface area contributed by atoms with Crippen molar-refractivity contribution in [3.05, 3.63) is 71.8 Å². The van der Waals surface area contributed by atoms with Crippen molar-refractivity contribution in [1.82, 2.24) is 4.90 Å². The van der Waals surface area contributed by atoms with Gasteiger partial charge in [-0.2, -0.15) is 0 Å². The van der Waals surface area contributed by atoms with Crippen LogP contribution < -0.4 is 14.2 Å². The number of phenolic OH excluding ortho intramolecular Hbond substituents is 1. The summed E-state index contributed by atoms with van der Waals surface area (Å²) in [6.07, 6.45) is 11.1. The second kappa shape index (κ2) is 16.5. The molecule has 12 heteroatoms. The number of amides is 1. The molecule has 5 aliphatic rings. The SMILES string of the molecule is C=CCOC12Oc3ccc(O)cc3C3C(CCCCO)C(CCCCO)C=C(C(=NOC4CCCCO4)CC1N(C)C(=O)c1ccc4c(c1)OCO4)C32. The van der Waals surface area contributed by atoms with Crippen molar-refractivity contribution in [2.24, 2.45) is 22.9 Å². The van der Waals surface area contributed by atoms with Gasteiger partial charge >= 0.3 is 0 Å². The summed E-state index contributed by atoms with van der Waals surface area (Å²) in [5.74, 6) is -0.392. The number of carbonyl (C=O) groups is 1. The Bertz CT molecular complexity index is 1690. The molecule has 286 valence electrons. The number of carbonyl (C=O) groups excluding carboxylic acids is 1. The van der Waals surface area contributed by atoms with Crippen LogP contribution in [0.3, 0.4) is 0 Å². The molecule has 7 unspecified atom stereocenters. The molecular weight excluding hydrogens is 680 g/mol. The van der Waals surface area contributed by atoms with Gasteiger partial charge < -0.3 is 48.7 Å². The van der Waals surface area contributed by atoms with Gasteiger partial charge in [-0.15, -0.1) is 6.58 Å². The molecule has 1 saturated carbocycles. The Morgan fingerprint density at radius 2 is 1.83 bits per heavy atom. The van der Waals surface area contributed by atoms with Gasteiger partial charge in [0.15, 0.2) is 11.5 Å². The van der Waals surface area contributed by atoms with E-state index in [0.717, 1.165) is 56.1 Å². The lowest BCUT2D eigenvalue weighted by Crippen LogP contribution is -2.69. The van der Waals surface area contributed by atoms with Crippen molar-refractivity contribution in [2.75, 3.05) is 40.3 Å². The number of hydrogen-bond donors (Lipinski definition) is 3. The lowest BCUT2D eigenvalue weighted by atomic mass is 9.55. The largest absolute Gasteiger partial charge is 0.508 e. The maximum atomic E-state index is 14.5. The van der Waals surface area contributed by atoms with Crippen molar-refractivity contribution in [3.8, 4) is 23.0 Å². The number of allylic oxidation sites excluding steroid dienone is 1. The summed E-state index contributed by atoms with van der Waals surface area (Å²) in [6.45, 7) is 5.03. The molecule has 2 fully saturated rings. The van der Waals surface area contributed by atoms with E-state index in [9.17, 15) is 20.1 Å². The van der Waals surface area contributed by atoms with Crippen LogP contribution in [0.2, 0.25) is 0 Å². The van der Waals surface area contributed by atoms with E-state index in [-0.39, 0.29) is 62.4 Å². The summed E-state index contributed by atoms with van der Waals surface area (Å²) in [5, 5.41) is 35.3. The van der Waals surface area contributed by atoms with E-state index in [1.54, 1.807) is 54.4 Å². The summed E-state index contributed by atoms with van der Waals surface area (Å²) >= 11 is 0. The zero-order chi connectivity index (χ0) is 37.0. The predicted molar refractivity (Wildman–Crippen MR) is 196 cm³/mol. The number of likely N-dealkylation sites (N-methyl/N-ethyl adjacent to an activating group) is 1. The molecule has 1 saturated heterocycles. The Hall–Kier alpha value is -4.10. The smallest absolute Gasteiger partial charge is 0.254 e. The highest BCUT2D eigenvalue weighted by atomic mass is 16.8. The van der Waals surface area contributed by atoms with E-state index in [1.807, 2.05) is 0 Å². The number of ether oxygens (including phenoxy) is 5. The van der Waals surface area contributed by atoms with Crippen molar-refractivity contribution in [2.45, 2.75) is 88.2 Å². The number of aliphatic hydroxyl groups excluding tert-OH is 2. The van der Waals surface area contributed by atoms with Gasteiger partial charge in [0, 0.05) is 50.1 Å². The van der Waals surface area contributed by atoms with Crippen LogP contribution in [0, 0.1) is 17.8 Å². The molecule has 0 radical (unpaired) electrons. The van der Waals surface area contributed by atoms with Crippen LogP contribution in [0.4, 0.5) is 0 Å². The van der Waals surface area contributed by atoms with E-state index in [2.05, 4.69) is 12.7 Å². The number of fused-ring (bicyclic) bond motifs is 3. The molecule has 7 atom stereocenters. The first kappa shape index (κ1) is 37.2. The Morgan fingerprint density at radius 3 is 2.60 bits per heavy atom. The third kappa shape index (κ3) is 7.38. The molecule has 3 heterocycles. The number of phenols is 1. The predicted octanol–water partition coefficient (Wildman–Crippen LogP) is 6.05. The highest BCUT2D eigenvalue weighted by molar-refractivity contribution is 6.03. The van der Waals surface area contributed by atoms with Crippen LogP contribution in [0.1, 0.15) is 86.0 Å². The minimum atomic E-state index is -1.39. The first-order valence-electron chi connectivity index (χ1n) is 19.1. The fourth-order valence-corrected chi connectivity index (χ4v) is 9.03. The lowest BCUT2D eigenvalue weighted by Gasteiger charge is -2.59. The minimum absolute atomic E-state index is 0.0580. The number of oxime groups is 1. The number of aliphatic hydroxyl groups is 2. The monoisotopic (exact) mass is 732 g/mol. The first-order chi connectivity index (χ1) is 25.9. The van der Waals surface area contributed by atoms with Crippen LogP contribution in [0.15, 0.2) is 65.9 Å². The lowest BCUT2D eigenvalue weighted by molar-refractivity contribution is -0.252. The Labute approximate surface area is 310 Å². The third-order valence-corrected chi connectivity index (χ3v) is 11.5. The third-order valence-electron chi connectivity index (χ3n) is 11.5. The number of unbranched alkanes of at least 4 members (excludes halogenated alkanes) is 2. The Kier molecular flexibility index (Phi) is 11.6. The molecule has 2 aromatic carbocycles. The molecule has 1 amide bonds. The Morgan fingerprint density at radius 1 is 1.04 bits per heavy atom. The molecule has 2 aliphatic carbocycles. The normalized spacial score (nSPS) is 29.0. The van der Waals surface area contributed by atoms with Crippen LogP contribution in [-0.2, 0) is 14.3 Å². The molecular formula is C41H52N2O10. The van der Waals surface area contributed by atoms with Gasteiger partial charge in [-0.05, 0) is 92.3 Å². The molecule has 3 aliphatic heterocycles. The van der Waals surface area contributed by atoms with Crippen LogP contribution in [-0.4, -0.2) is 90.2 Å². The van der Waals surface area contributed by atoms with Crippen LogP contribution >= 0.6 is 0 Å². The van der Waals surface area contributed by atoms with E-state index in [4.69, 9.17) is 33.7 Å². The quantitative estimate of drug-likeness (QED) is 0.112. The fraction of sp³-hybridized carbons (Fsp3) is 0.561. The number of hydrogen-bond acceptors (Lipinski definition) is 11. The molecule has 0 aromatic heterocycles. The van der Waals surface area contributed by atoms with Gasteiger partial charge in [-0.25, -0.2) is 0 Å². The zero-order valence-corrected chi connectivity index (χ0v) is 30.5. The summed E-state index contributed by atoms with van der Waals surface area (Å²) in [6, 6.07) is 9.67. The van der Waals surface area contributed by atoms with Gasteiger partial charge in [0.2, 0.25) is 18.9 Å². The second-order valence-electron chi connectivity index (χ2n) is 14.7. The standard InChI is InChI=1S/C41H52N2O10/c1-3-19-51-41-36(43(2)40(47)27-13-15-34-35(22-27)50-25-49-34)24-32(42-53-37-12-6-9-20-48-37)30-21-26(10-4-7-17-44)29(11-5-8-18-45)38(39(30)41)31-23-28(46)14-16-33(31)52-41/h3,13-16,21-23,26,29,36-39,44-46H,1,4-12,17-20,24-25H2,2H3. The van der Waals surface area contributed by atoms with Crippen LogP contribution in [0.5, 0.6) is 23.0 Å². The highest BCUT2D eigenvalue weighted by Gasteiger charge is 2.65. The summed E-state index contributed by atoms with van der Waals surface area (Å²) < 4.78 is 31.1. The molecule has 0 spiro atoms. The van der Waals surface area contributed by atoms with Gasteiger partial charge in [-0.3, -0.25) is 4.79 Å². The number of benzene rings is 2. The minimum Gasteiger partial charge on any atom is -0.508 e. The van der Waals surface area contributed by atoms with E-state index in [1.165, 1.54) is 0 Å². The van der Waals surface area contributed by atoms with Gasteiger partial charge in [0.25, 0.3) is 5.91 Å². The average Bonchev–Trinajstić information content (AvgIpc) is 3.66. The number of aromatic hydroxyl groups is 1. The van der Waals surface area contributed by atoms with E-state index >= 15 is 0 Å². The maximum Gasteiger partial charge on any atom is 0.254 e. The molecule has 0 bridgehead atoms. The van der Waals surface area contributed by atoms with Gasteiger partial charge in [0.1, 0.15) is 17.5 Å². The Balaban J connectivity index is 1.39. The topological polar surface area (TPSA) is 149 Å². The molecule has 12 nitrogen and oxygen atoms in total. The van der Waals surface area contributed by atoms with E-state index in [0.29, 0.717) is 48.0 Å². The van der Waals surface area contributed by atoms with Gasteiger partial charge in [-0.1, -0.05) is 30.1 Å². The zero-order valence-electron chi connectivity index (χ0n) is 30.5. The van der Waals surface area contributed by atoms with Crippen molar-refractivity contribution in [1.29, 1.82) is 0 Å². The number of nitrogens with zero attached hydrogens (tertiary/aromatic N) is 2. The molecule has 7 rings (SSSR count). The fourth-order valence-electron chi connectivity index (χ4n) is 9.03. The summed E-state index contributed by atoms with van der Waals surface area (Å²) in [7, 11) is 1.76. The van der Waals surface area contributed by atoms with E-state index < -0.39 is 24.0 Å². The summed E-state index contributed by atoms with van der Waals surface area (Å²) in [5.41, 5.74) is 2.90. The number of rotatable bonds is 15.